The van der Waals surface area contributed by atoms with Crippen molar-refractivity contribution in [2.45, 2.75) is 31.1 Å². The highest BCUT2D eigenvalue weighted by Gasteiger charge is 2.36. The number of hydrogen-bond donors (Lipinski definition) is 1. The first kappa shape index (κ1) is 18.3. The number of ether oxygens (including phenoxy) is 1. The van der Waals surface area contributed by atoms with Gasteiger partial charge in [-0.2, -0.15) is 0 Å². The molecular weight excluding hydrogens is 324 g/mol. The smallest absolute Gasteiger partial charge is 0.251 e. The van der Waals surface area contributed by atoms with E-state index >= 15 is 0 Å². The largest absolute Gasteiger partial charge is 0.497 e. The zero-order valence-corrected chi connectivity index (χ0v) is 15.9. The average Bonchev–Trinajstić information content (AvgIpc) is 3.16. The molecule has 0 unspecified atom stereocenters. The molecule has 0 bridgehead atoms. The number of hydrogen-bond acceptors (Lipinski definition) is 3. The quantitative estimate of drug-likeness (QED) is 0.854. The van der Waals surface area contributed by atoms with Crippen molar-refractivity contribution in [3.63, 3.8) is 0 Å². The number of carbonyl (C=O) groups is 1. The summed E-state index contributed by atoms with van der Waals surface area (Å²) < 4.78 is 5.27. The summed E-state index contributed by atoms with van der Waals surface area (Å²) in [5.74, 6) is 0.863. The normalized spacial score (nSPS) is 15.5. The van der Waals surface area contributed by atoms with E-state index in [-0.39, 0.29) is 11.3 Å². The van der Waals surface area contributed by atoms with Gasteiger partial charge in [-0.1, -0.05) is 25.0 Å². The molecule has 0 aliphatic heterocycles. The van der Waals surface area contributed by atoms with E-state index < -0.39 is 0 Å². The molecule has 3 rings (SSSR count). The number of methoxy groups -OCH3 is 1. The summed E-state index contributed by atoms with van der Waals surface area (Å²) >= 11 is 0. The molecule has 0 saturated heterocycles. The van der Waals surface area contributed by atoms with Crippen molar-refractivity contribution in [3.05, 3.63) is 59.7 Å². The monoisotopic (exact) mass is 352 g/mol. The summed E-state index contributed by atoms with van der Waals surface area (Å²) in [6.07, 6.45) is 4.64. The van der Waals surface area contributed by atoms with E-state index in [0.29, 0.717) is 12.1 Å². The second-order valence-electron chi connectivity index (χ2n) is 7.34. The standard InChI is InChI=1S/C22H28N2O2/c1-24(2)19-10-6-17(7-11-19)21(25)23-16-22(14-4-5-15-22)18-8-12-20(26-3)13-9-18/h6-13H,4-5,14-16H2,1-3H3,(H,23,25). The summed E-state index contributed by atoms with van der Waals surface area (Å²) in [6.45, 7) is 0.674. The first-order valence-corrected chi connectivity index (χ1v) is 9.24. The van der Waals surface area contributed by atoms with Crippen LogP contribution in [0, 0.1) is 0 Å². The molecular formula is C22H28N2O2. The van der Waals surface area contributed by atoms with E-state index in [9.17, 15) is 4.79 Å². The Morgan fingerprint density at radius 1 is 1.04 bits per heavy atom. The van der Waals surface area contributed by atoms with Gasteiger partial charge in [0.25, 0.3) is 5.91 Å². The molecule has 1 N–H and O–H groups in total. The summed E-state index contributed by atoms with van der Waals surface area (Å²) in [7, 11) is 5.67. The third-order valence-corrected chi connectivity index (χ3v) is 5.50. The minimum absolute atomic E-state index is 0.00454. The lowest BCUT2D eigenvalue weighted by Gasteiger charge is -2.30. The predicted octanol–water partition coefficient (Wildman–Crippen LogP) is 4.00. The third kappa shape index (κ3) is 3.85. The van der Waals surface area contributed by atoms with Crippen molar-refractivity contribution in [1.82, 2.24) is 5.32 Å². The van der Waals surface area contributed by atoms with Crippen LogP contribution in [-0.4, -0.2) is 33.7 Å². The van der Waals surface area contributed by atoms with Crippen molar-refractivity contribution >= 4 is 11.6 Å². The Balaban J connectivity index is 1.71. The Bertz CT molecular complexity index is 730. The van der Waals surface area contributed by atoms with Crippen LogP contribution < -0.4 is 15.0 Å². The molecule has 1 amide bonds. The maximum atomic E-state index is 12.6. The van der Waals surface area contributed by atoms with Crippen LogP contribution in [0.3, 0.4) is 0 Å². The second kappa shape index (κ2) is 7.81. The fourth-order valence-electron chi connectivity index (χ4n) is 3.83. The number of nitrogens with one attached hydrogen (secondary N) is 1. The number of amides is 1. The van der Waals surface area contributed by atoms with Gasteiger partial charge >= 0.3 is 0 Å². The van der Waals surface area contributed by atoms with Crippen LogP contribution in [0.25, 0.3) is 0 Å². The molecule has 0 aromatic heterocycles. The maximum Gasteiger partial charge on any atom is 0.251 e. The van der Waals surface area contributed by atoms with Crippen LogP contribution in [0.5, 0.6) is 5.75 Å². The molecule has 2 aromatic carbocycles. The summed E-state index contributed by atoms with van der Waals surface area (Å²) in [4.78, 5) is 14.6. The highest BCUT2D eigenvalue weighted by molar-refractivity contribution is 5.94. The molecule has 0 spiro atoms. The van der Waals surface area contributed by atoms with Crippen molar-refractivity contribution in [2.24, 2.45) is 0 Å². The van der Waals surface area contributed by atoms with E-state index in [0.717, 1.165) is 24.3 Å². The van der Waals surface area contributed by atoms with Crippen LogP contribution >= 0.6 is 0 Å². The molecule has 2 aromatic rings. The molecule has 1 aliphatic carbocycles. The lowest BCUT2D eigenvalue weighted by Crippen LogP contribution is -2.39. The molecule has 1 aliphatic rings. The van der Waals surface area contributed by atoms with Gasteiger partial charge in [-0.25, -0.2) is 0 Å². The zero-order chi connectivity index (χ0) is 18.6. The van der Waals surface area contributed by atoms with Crippen molar-refractivity contribution < 1.29 is 9.53 Å². The minimum atomic E-state index is -0.00454. The molecule has 4 heteroatoms. The Labute approximate surface area is 156 Å². The maximum absolute atomic E-state index is 12.6. The van der Waals surface area contributed by atoms with Gasteiger partial charge < -0.3 is 15.0 Å². The van der Waals surface area contributed by atoms with E-state index in [4.69, 9.17) is 4.74 Å². The SMILES string of the molecule is COc1ccc(C2(CNC(=O)c3ccc(N(C)C)cc3)CCCC2)cc1. The van der Waals surface area contributed by atoms with Crippen LogP contribution in [-0.2, 0) is 5.41 Å². The van der Waals surface area contributed by atoms with Crippen molar-refractivity contribution in [1.29, 1.82) is 0 Å². The van der Waals surface area contributed by atoms with Crippen LogP contribution in [0.1, 0.15) is 41.6 Å². The summed E-state index contributed by atoms with van der Waals surface area (Å²) in [6, 6.07) is 16.0. The van der Waals surface area contributed by atoms with Gasteiger partial charge in [0.15, 0.2) is 0 Å². The molecule has 1 fully saturated rings. The van der Waals surface area contributed by atoms with Gasteiger partial charge in [0.05, 0.1) is 7.11 Å². The Hall–Kier alpha value is -2.49. The van der Waals surface area contributed by atoms with Crippen LogP contribution in [0.15, 0.2) is 48.5 Å². The molecule has 0 radical (unpaired) electrons. The number of rotatable bonds is 6. The summed E-state index contributed by atoms with van der Waals surface area (Å²) in [5.41, 5.74) is 3.12. The zero-order valence-electron chi connectivity index (χ0n) is 15.9. The number of benzene rings is 2. The van der Waals surface area contributed by atoms with Gasteiger partial charge in [-0.3, -0.25) is 4.79 Å². The Kier molecular flexibility index (Phi) is 5.50. The average molecular weight is 352 g/mol. The highest BCUT2D eigenvalue weighted by atomic mass is 16.5. The molecule has 138 valence electrons. The van der Waals surface area contributed by atoms with Crippen LogP contribution in [0.4, 0.5) is 5.69 Å². The number of nitrogens with zero attached hydrogens (tertiary/aromatic N) is 1. The molecule has 4 nitrogen and oxygen atoms in total. The Morgan fingerprint density at radius 3 is 2.19 bits per heavy atom. The van der Waals surface area contributed by atoms with Gasteiger partial charge in [-0.05, 0) is 54.8 Å². The van der Waals surface area contributed by atoms with E-state index in [1.165, 1.54) is 18.4 Å². The van der Waals surface area contributed by atoms with Gasteiger partial charge in [-0.15, -0.1) is 0 Å². The number of carbonyl (C=O) groups excluding carboxylic acids is 1. The van der Waals surface area contributed by atoms with Gasteiger partial charge in [0.1, 0.15) is 5.75 Å². The Morgan fingerprint density at radius 2 is 1.65 bits per heavy atom. The minimum Gasteiger partial charge on any atom is -0.497 e. The van der Waals surface area contributed by atoms with E-state index in [1.54, 1.807) is 7.11 Å². The topological polar surface area (TPSA) is 41.6 Å². The second-order valence-corrected chi connectivity index (χ2v) is 7.34. The van der Waals surface area contributed by atoms with E-state index in [2.05, 4.69) is 17.4 Å². The summed E-state index contributed by atoms with van der Waals surface area (Å²) in [5, 5.41) is 3.17. The predicted molar refractivity (Wildman–Crippen MR) is 106 cm³/mol. The lowest BCUT2D eigenvalue weighted by atomic mass is 9.78. The van der Waals surface area contributed by atoms with E-state index in [1.807, 2.05) is 55.4 Å². The third-order valence-electron chi connectivity index (χ3n) is 5.50. The first-order chi connectivity index (χ1) is 12.5. The highest BCUT2D eigenvalue weighted by Crippen LogP contribution is 2.41. The van der Waals surface area contributed by atoms with Crippen molar-refractivity contribution in [2.75, 3.05) is 32.6 Å². The fraction of sp³-hybridized carbons (Fsp3) is 0.409. The molecule has 26 heavy (non-hydrogen) atoms. The van der Waals surface area contributed by atoms with Gasteiger partial charge in [0, 0.05) is 37.3 Å². The van der Waals surface area contributed by atoms with Gasteiger partial charge in [0.2, 0.25) is 0 Å². The number of anilines is 1. The fourth-order valence-corrected chi connectivity index (χ4v) is 3.83. The first-order valence-electron chi connectivity index (χ1n) is 9.24. The molecule has 0 atom stereocenters. The lowest BCUT2D eigenvalue weighted by molar-refractivity contribution is 0.0943. The van der Waals surface area contributed by atoms with Crippen molar-refractivity contribution in [3.8, 4) is 5.75 Å². The molecule has 0 heterocycles. The molecule has 1 saturated carbocycles. The van der Waals surface area contributed by atoms with Crippen LogP contribution in [0.2, 0.25) is 0 Å².